The molecule has 0 atom stereocenters. The van der Waals surface area contributed by atoms with Gasteiger partial charge in [0.2, 0.25) is 10.0 Å². The number of imidazole rings is 1. The molecule has 0 radical (unpaired) electrons. The maximum absolute atomic E-state index is 12.7. The van der Waals surface area contributed by atoms with Gasteiger partial charge in [-0.3, -0.25) is 0 Å². The van der Waals surface area contributed by atoms with Crippen molar-refractivity contribution in [1.82, 2.24) is 19.3 Å². The highest BCUT2D eigenvalue weighted by atomic mass is 32.2. The second kappa shape index (κ2) is 6.82. The van der Waals surface area contributed by atoms with Crippen molar-refractivity contribution in [3.05, 3.63) is 42.4 Å². The highest BCUT2D eigenvalue weighted by Crippen LogP contribution is 2.38. The molecule has 2 aromatic heterocycles. The summed E-state index contributed by atoms with van der Waals surface area (Å²) in [6.45, 7) is 0.0868. The van der Waals surface area contributed by atoms with Crippen LogP contribution in [0.4, 0.5) is 0 Å². The zero-order valence-electron chi connectivity index (χ0n) is 15.0. The van der Waals surface area contributed by atoms with Crippen LogP contribution in [0.5, 0.6) is 11.5 Å². The van der Waals surface area contributed by atoms with Crippen molar-refractivity contribution in [2.75, 3.05) is 14.2 Å². The van der Waals surface area contributed by atoms with E-state index >= 15 is 0 Å². The van der Waals surface area contributed by atoms with E-state index in [1.54, 1.807) is 12.3 Å². The van der Waals surface area contributed by atoms with Crippen molar-refractivity contribution in [3.63, 3.8) is 0 Å². The molecule has 8 nitrogen and oxygen atoms in total. The van der Waals surface area contributed by atoms with Gasteiger partial charge in [-0.25, -0.2) is 23.1 Å². The number of aromatic nitrogens is 3. The molecule has 9 heteroatoms. The van der Waals surface area contributed by atoms with Gasteiger partial charge in [0.05, 0.1) is 25.7 Å². The molecular formula is C18H20N4O4S. The van der Waals surface area contributed by atoms with E-state index in [2.05, 4.69) is 14.7 Å². The Kier molecular flexibility index (Phi) is 4.48. The first kappa shape index (κ1) is 17.7. The monoisotopic (exact) mass is 388 g/mol. The van der Waals surface area contributed by atoms with E-state index in [0.717, 1.165) is 24.0 Å². The Hall–Kier alpha value is -2.65. The minimum absolute atomic E-state index is 0.0868. The normalized spacial score (nSPS) is 14.4. The van der Waals surface area contributed by atoms with E-state index in [1.165, 1.54) is 26.4 Å². The lowest BCUT2D eigenvalue weighted by Crippen LogP contribution is -2.25. The molecule has 1 N–H and O–H groups in total. The van der Waals surface area contributed by atoms with Gasteiger partial charge in [0.25, 0.3) is 0 Å². The van der Waals surface area contributed by atoms with Gasteiger partial charge in [-0.15, -0.1) is 0 Å². The maximum Gasteiger partial charge on any atom is 0.241 e. The first-order valence-corrected chi connectivity index (χ1v) is 10.1. The molecule has 4 rings (SSSR count). The molecule has 0 saturated heterocycles. The molecule has 1 aliphatic rings. The molecule has 1 fully saturated rings. The first-order valence-electron chi connectivity index (χ1n) is 8.57. The molecule has 1 aromatic carbocycles. The summed E-state index contributed by atoms with van der Waals surface area (Å²) in [7, 11) is -0.769. The van der Waals surface area contributed by atoms with Crippen LogP contribution < -0.4 is 14.2 Å². The molecule has 0 bridgehead atoms. The Morgan fingerprint density at radius 2 is 1.96 bits per heavy atom. The van der Waals surface area contributed by atoms with E-state index in [1.807, 2.05) is 16.7 Å². The van der Waals surface area contributed by atoms with Gasteiger partial charge in [0.1, 0.15) is 11.3 Å². The fourth-order valence-electron chi connectivity index (χ4n) is 3.04. The van der Waals surface area contributed by atoms with Crippen molar-refractivity contribution in [2.45, 2.75) is 30.3 Å². The smallest absolute Gasteiger partial charge is 0.241 e. The number of hydrogen-bond acceptors (Lipinski definition) is 6. The van der Waals surface area contributed by atoms with Crippen molar-refractivity contribution in [2.24, 2.45) is 0 Å². The number of hydrogen-bond donors (Lipinski definition) is 1. The summed E-state index contributed by atoms with van der Waals surface area (Å²) >= 11 is 0. The van der Waals surface area contributed by atoms with Gasteiger partial charge in [0.15, 0.2) is 17.1 Å². The van der Waals surface area contributed by atoms with Crippen LogP contribution >= 0.6 is 0 Å². The van der Waals surface area contributed by atoms with Crippen molar-refractivity contribution in [1.29, 1.82) is 0 Å². The highest BCUT2D eigenvalue weighted by molar-refractivity contribution is 7.89. The first-order chi connectivity index (χ1) is 13.0. The molecule has 0 unspecified atom stereocenters. The summed E-state index contributed by atoms with van der Waals surface area (Å²) < 4.78 is 40.5. The highest BCUT2D eigenvalue weighted by Gasteiger charge is 2.29. The van der Waals surface area contributed by atoms with E-state index in [9.17, 15) is 8.42 Å². The average molecular weight is 388 g/mol. The summed E-state index contributed by atoms with van der Waals surface area (Å²) in [4.78, 5) is 9.06. The molecule has 1 saturated carbocycles. The van der Waals surface area contributed by atoms with E-state index in [0.29, 0.717) is 23.4 Å². The number of nitrogens with zero attached hydrogens (tertiary/aromatic N) is 3. The lowest BCUT2D eigenvalue weighted by molar-refractivity contribution is 0.354. The van der Waals surface area contributed by atoms with Gasteiger partial charge < -0.3 is 14.0 Å². The molecule has 0 amide bonds. The van der Waals surface area contributed by atoms with Crippen LogP contribution in [0, 0.1) is 0 Å². The van der Waals surface area contributed by atoms with Crippen LogP contribution in [-0.4, -0.2) is 37.2 Å². The molecule has 3 aromatic rings. The van der Waals surface area contributed by atoms with Gasteiger partial charge >= 0.3 is 0 Å². The quantitative estimate of drug-likeness (QED) is 0.667. The standard InChI is InChI=1S/C18H20N4O4S/c1-25-15-8-7-13(10-16(15)26-2)27(23,24)20-11-17-21-14-4-3-9-19-18(14)22(17)12-5-6-12/h3-4,7-10,12,20H,5-6,11H2,1-2H3. The summed E-state index contributed by atoms with van der Waals surface area (Å²) in [6, 6.07) is 8.53. The number of pyridine rings is 1. The average Bonchev–Trinajstić information content (AvgIpc) is 3.45. The number of sulfonamides is 1. The van der Waals surface area contributed by atoms with Crippen LogP contribution in [-0.2, 0) is 16.6 Å². The number of fused-ring (bicyclic) bond motifs is 1. The van der Waals surface area contributed by atoms with Crippen LogP contribution in [0.3, 0.4) is 0 Å². The summed E-state index contributed by atoms with van der Waals surface area (Å²) in [5, 5.41) is 0. The number of nitrogens with one attached hydrogen (secondary N) is 1. The molecule has 27 heavy (non-hydrogen) atoms. The number of benzene rings is 1. The third kappa shape index (κ3) is 3.35. The zero-order chi connectivity index (χ0) is 19.0. The van der Waals surface area contributed by atoms with E-state index in [4.69, 9.17) is 9.47 Å². The molecular weight excluding hydrogens is 368 g/mol. The molecule has 0 aliphatic heterocycles. The molecule has 0 spiro atoms. The van der Waals surface area contributed by atoms with E-state index < -0.39 is 10.0 Å². The number of rotatable bonds is 7. The van der Waals surface area contributed by atoms with Gasteiger partial charge in [-0.05, 0) is 37.1 Å². The lowest BCUT2D eigenvalue weighted by Gasteiger charge is -2.11. The van der Waals surface area contributed by atoms with Crippen LogP contribution in [0.2, 0.25) is 0 Å². The van der Waals surface area contributed by atoms with Gasteiger partial charge in [0, 0.05) is 18.3 Å². The number of methoxy groups -OCH3 is 2. The molecule has 2 heterocycles. The Morgan fingerprint density at radius 3 is 2.67 bits per heavy atom. The summed E-state index contributed by atoms with van der Waals surface area (Å²) in [6.07, 6.45) is 3.83. The van der Waals surface area contributed by atoms with Crippen LogP contribution in [0.1, 0.15) is 24.7 Å². The summed E-state index contributed by atoms with van der Waals surface area (Å²) in [5.74, 6) is 1.49. The summed E-state index contributed by atoms with van der Waals surface area (Å²) in [5.41, 5.74) is 1.56. The molecule has 1 aliphatic carbocycles. The third-order valence-corrected chi connectivity index (χ3v) is 5.92. The Bertz CT molecular complexity index is 1090. The predicted octanol–water partition coefficient (Wildman–Crippen LogP) is 2.26. The fourth-order valence-corrected chi connectivity index (χ4v) is 4.04. The van der Waals surface area contributed by atoms with Gasteiger partial charge in [-0.2, -0.15) is 0 Å². The zero-order valence-corrected chi connectivity index (χ0v) is 15.9. The maximum atomic E-state index is 12.7. The second-order valence-electron chi connectivity index (χ2n) is 6.32. The fraction of sp³-hybridized carbons (Fsp3) is 0.333. The SMILES string of the molecule is COc1ccc(S(=O)(=O)NCc2nc3cccnc3n2C2CC2)cc1OC. The Balaban J connectivity index is 1.61. The van der Waals surface area contributed by atoms with Gasteiger partial charge in [-0.1, -0.05) is 0 Å². The lowest BCUT2D eigenvalue weighted by atomic mass is 10.3. The largest absolute Gasteiger partial charge is 0.493 e. The predicted molar refractivity (Wildman–Crippen MR) is 99.4 cm³/mol. The van der Waals surface area contributed by atoms with Crippen molar-refractivity contribution < 1.29 is 17.9 Å². The minimum Gasteiger partial charge on any atom is -0.493 e. The third-order valence-electron chi connectivity index (χ3n) is 4.52. The Morgan fingerprint density at radius 1 is 1.19 bits per heavy atom. The van der Waals surface area contributed by atoms with Crippen LogP contribution in [0.25, 0.3) is 11.2 Å². The number of ether oxygens (including phenoxy) is 2. The topological polar surface area (TPSA) is 95.3 Å². The molecule has 142 valence electrons. The second-order valence-corrected chi connectivity index (χ2v) is 8.08. The van der Waals surface area contributed by atoms with Crippen molar-refractivity contribution >= 4 is 21.2 Å². The van der Waals surface area contributed by atoms with Crippen LogP contribution in [0.15, 0.2) is 41.4 Å². The van der Waals surface area contributed by atoms with E-state index in [-0.39, 0.29) is 11.4 Å². The van der Waals surface area contributed by atoms with Crippen molar-refractivity contribution in [3.8, 4) is 11.5 Å². The minimum atomic E-state index is -3.73. The Labute approximate surface area is 157 Å².